The first-order valence-electron chi connectivity index (χ1n) is 7.19. The van der Waals surface area contributed by atoms with Crippen molar-refractivity contribution in [1.29, 1.82) is 0 Å². The quantitative estimate of drug-likeness (QED) is 0.558. The van der Waals surface area contributed by atoms with Crippen LogP contribution in [0, 0.1) is 0 Å². The van der Waals surface area contributed by atoms with Gasteiger partial charge in [0.05, 0.1) is 0 Å². The second-order valence-electron chi connectivity index (χ2n) is 4.57. The van der Waals surface area contributed by atoms with Crippen LogP contribution in [0.25, 0.3) is 0 Å². The van der Waals surface area contributed by atoms with E-state index in [1.165, 1.54) is 0 Å². The molecule has 1 rings (SSSR count). The largest absolute Gasteiger partial charge is 0.370 e. The van der Waals surface area contributed by atoms with E-state index >= 15 is 0 Å². The highest BCUT2D eigenvalue weighted by Crippen LogP contribution is 2.12. The second kappa shape index (κ2) is 9.10. The van der Waals surface area contributed by atoms with E-state index in [2.05, 4.69) is 41.0 Å². The van der Waals surface area contributed by atoms with Crippen LogP contribution in [-0.2, 0) is 6.42 Å². The van der Waals surface area contributed by atoms with E-state index in [9.17, 15) is 0 Å². The summed E-state index contributed by atoms with van der Waals surface area (Å²) in [7, 11) is 0. The molecule has 0 atom stereocenters. The SMILES string of the molecule is CCCc1cc(NCCCN(CC)CC)nc(Cl)n1. The summed E-state index contributed by atoms with van der Waals surface area (Å²) >= 11 is 5.92. The molecule has 0 aliphatic rings. The first-order valence-corrected chi connectivity index (χ1v) is 7.57. The van der Waals surface area contributed by atoms with Crippen LogP contribution in [-0.4, -0.2) is 41.0 Å². The molecule has 0 bridgehead atoms. The number of aromatic nitrogens is 2. The molecule has 1 aromatic heterocycles. The number of nitrogens with zero attached hydrogens (tertiary/aromatic N) is 3. The molecular formula is C14H25ClN4. The van der Waals surface area contributed by atoms with Crippen LogP contribution in [0.4, 0.5) is 5.82 Å². The van der Waals surface area contributed by atoms with Gasteiger partial charge in [-0.25, -0.2) is 9.97 Å². The van der Waals surface area contributed by atoms with Gasteiger partial charge in [-0.2, -0.15) is 0 Å². The third-order valence-electron chi connectivity index (χ3n) is 3.11. The first kappa shape index (κ1) is 16.2. The van der Waals surface area contributed by atoms with Crippen molar-refractivity contribution in [2.45, 2.75) is 40.0 Å². The van der Waals surface area contributed by atoms with Gasteiger partial charge in [0.15, 0.2) is 0 Å². The van der Waals surface area contributed by atoms with Gasteiger partial charge in [-0.3, -0.25) is 0 Å². The zero-order valence-electron chi connectivity index (χ0n) is 12.2. The highest BCUT2D eigenvalue weighted by atomic mass is 35.5. The van der Waals surface area contributed by atoms with Gasteiger partial charge in [0.2, 0.25) is 5.28 Å². The number of rotatable bonds is 9. The Bertz CT molecular complexity index is 366. The van der Waals surface area contributed by atoms with E-state index in [-0.39, 0.29) is 0 Å². The van der Waals surface area contributed by atoms with Crippen LogP contribution >= 0.6 is 11.6 Å². The molecule has 0 aliphatic heterocycles. The third kappa shape index (κ3) is 6.21. The van der Waals surface area contributed by atoms with Crippen LogP contribution in [0.15, 0.2) is 6.07 Å². The monoisotopic (exact) mass is 284 g/mol. The number of anilines is 1. The Morgan fingerprint density at radius 3 is 2.58 bits per heavy atom. The molecule has 0 unspecified atom stereocenters. The maximum absolute atomic E-state index is 5.92. The molecule has 0 spiro atoms. The zero-order chi connectivity index (χ0) is 14.1. The Hall–Kier alpha value is -0.870. The van der Waals surface area contributed by atoms with E-state index < -0.39 is 0 Å². The summed E-state index contributed by atoms with van der Waals surface area (Å²) in [5.74, 6) is 0.836. The molecule has 19 heavy (non-hydrogen) atoms. The molecule has 1 aromatic rings. The van der Waals surface area contributed by atoms with Gasteiger partial charge in [0.1, 0.15) is 5.82 Å². The highest BCUT2D eigenvalue weighted by molar-refractivity contribution is 6.28. The maximum Gasteiger partial charge on any atom is 0.224 e. The number of aryl methyl sites for hydroxylation is 1. The lowest BCUT2D eigenvalue weighted by atomic mass is 10.2. The van der Waals surface area contributed by atoms with Crippen molar-refractivity contribution in [1.82, 2.24) is 14.9 Å². The van der Waals surface area contributed by atoms with Gasteiger partial charge in [-0.05, 0) is 44.1 Å². The second-order valence-corrected chi connectivity index (χ2v) is 4.91. The van der Waals surface area contributed by atoms with Crippen molar-refractivity contribution in [3.8, 4) is 0 Å². The fourth-order valence-electron chi connectivity index (χ4n) is 2.00. The molecule has 0 amide bonds. The summed E-state index contributed by atoms with van der Waals surface area (Å²) in [4.78, 5) is 10.8. The highest BCUT2D eigenvalue weighted by Gasteiger charge is 2.03. The number of hydrogen-bond acceptors (Lipinski definition) is 4. The summed E-state index contributed by atoms with van der Waals surface area (Å²) in [6.45, 7) is 10.8. The summed E-state index contributed by atoms with van der Waals surface area (Å²) in [5.41, 5.74) is 1.01. The molecule has 0 aliphatic carbocycles. The number of halogens is 1. The van der Waals surface area contributed by atoms with Gasteiger partial charge >= 0.3 is 0 Å². The molecule has 0 saturated carbocycles. The maximum atomic E-state index is 5.92. The van der Waals surface area contributed by atoms with E-state index in [0.717, 1.165) is 57.0 Å². The molecule has 1 N–H and O–H groups in total. The standard InChI is InChI=1S/C14H25ClN4/c1-4-8-12-11-13(18-14(15)17-12)16-9-7-10-19(5-2)6-3/h11H,4-10H2,1-3H3,(H,16,17,18). The van der Waals surface area contributed by atoms with Crippen molar-refractivity contribution in [3.63, 3.8) is 0 Å². The Labute approximate surface area is 121 Å². The van der Waals surface area contributed by atoms with Crippen LogP contribution in [0.1, 0.15) is 39.3 Å². The molecular weight excluding hydrogens is 260 g/mol. The van der Waals surface area contributed by atoms with Gasteiger partial charge < -0.3 is 10.2 Å². The molecule has 0 aromatic carbocycles. The molecule has 108 valence electrons. The Morgan fingerprint density at radius 2 is 1.95 bits per heavy atom. The summed E-state index contributed by atoms with van der Waals surface area (Å²) in [5, 5.41) is 3.66. The van der Waals surface area contributed by atoms with Crippen molar-refractivity contribution >= 4 is 17.4 Å². The van der Waals surface area contributed by atoms with Gasteiger partial charge in [-0.15, -0.1) is 0 Å². The summed E-state index contributed by atoms with van der Waals surface area (Å²) in [6.07, 6.45) is 3.11. The van der Waals surface area contributed by atoms with Crippen molar-refractivity contribution in [2.75, 3.05) is 31.5 Å². The van der Waals surface area contributed by atoms with Crippen molar-refractivity contribution in [2.24, 2.45) is 0 Å². The Morgan fingerprint density at radius 1 is 1.21 bits per heavy atom. The average molecular weight is 285 g/mol. The lowest BCUT2D eigenvalue weighted by molar-refractivity contribution is 0.303. The molecule has 0 saturated heterocycles. The smallest absolute Gasteiger partial charge is 0.224 e. The zero-order valence-corrected chi connectivity index (χ0v) is 13.0. The fraction of sp³-hybridized carbons (Fsp3) is 0.714. The average Bonchev–Trinajstić information content (AvgIpc) is 2.39. The predicted molar refractivity (Wildman–Crippen MR) is 81.9 cm³/mol. The Balaban J connectivity index is 2.40. The van der Waals surface area contributed by atoms with Crippen molar-refractivity contribution < 1.29 is 0 Å². The van der Waals surface area contributed by atoms with E-state index in [4.69, 9.17) is 11.6 Å². The van der Waals surface area contributed by atoms with Gasteiger partial charge in [0.25, 0.3) is 0 Å². The minimum absolute atomic E-state index is 0.331. The molecule has 1 heterocycles. The molecule has 5 heteroatoms. The van der Waals surface area contributed by atoms with E-state index in [0.29, 0.717) is 5.28 Å². The molecule has 0 fully saturated rings. The lowest BCUT2D eigenvalue weighted by Gasteiger charge is -2.17. The number of hydrogen-bond donors (Lipinski definition) is 1. The predicted octanol–water partition coefficient (Wildman–Crippen LogP) is 3.23. The Kier molecular flexibility index (Phi) is 7.75. The minimum Gasteiger partial charge on any atom is -0.370 e. The van der Waals surface area contributed by atoms with Gasteiger partial charge in [0, 0.05) is 18.3 Å². The van der Waals surface area contributed by atoms with Crippen LogP contribution in [0.3, 0.4) is 0 Å². The number of nitrogens with one attached hydrogen (secondary N) is 1. The normalized spacial score (nSPS) is 11.0. The minimum atomic E-state index is 0.331. The first-order chi connectivity index (χ1) is 9.19. The summed E-state index contributed by atoms with van der Waals surface area (Å²) < 4.78 is 0. The molecule has 0 radical (unpaired) electrons. The van der Waals surface area contributed by atoms with Crippen LogP contribution < -0.4 is 5.32 Å². The van der Waals surface area contributed by atoms with Crippen LogP contribution in [0.2, 0.25) is 5.28 Å². The molecule has 4 nitrogen and oxygen atoms in total. The van der Waals surface area contributed by atoms with E-state index in [1.54, 1.807) is 0 Å². The summed E-state index contributed by atoms with van der Waals surface area (Å²) in [6, 6.07) is 1.99. The topological polar surface area (TPSA) is 41.0 Å². The van der Waals surface area contributed by atoms with Crippen LogP contribution in [0.5, 0.6) is 0 Å². The fourth-order valence-corrected chi connectivity index (χ4v) is 2.20. The van der Waals surface area contributed by atoms with Gasteiger partial charge in [-0.1, -0.05) is 27.2 Å². The third-order valence-corrected chi connectivity index (χ3v) is 3.28. The van der Waals surface area contributed by atoms with Crippen molar-refractivity contribution in [3.05, 3.63) is 17.0 Å². The lowest BCUT2D eigenvalue weighted by Crippen LogP contribution is -2.25. The van der Waals surface area contributed by atoms with E-state index in [1.807, 2.05) is 6.07 Å².